The highest BCUT2D eigenvalue weighted by Gasteiger charge is 2.39. The maximum absolute atomic E-state index is 11.8. The van der Waals surface area contributed by atoms with Crippen LogP contribution in [-0.4, -0.2) is 38.8 Å². The molecule has 0 aliphatic heterocycles. The Morgan fingerprint density at radius 2 is 1.82 bits per heavy atom. The van der Waals surface area contributed by atoms with Crippen LogP contribution in [0.5, 0.6) is 0 Å². The van der Waals surface area contributed by atoms with Crippen molar-refractivity contribution in [1.82, 2.24) is 5.32 Å². The molecule has 120 valence electrons. The van der Waals surface area contributed by atoms with Gasteiger partial charge in [-0.3, -0.25) is 9.59 Å². The van der Waals surface area contributed by atoms with Crippen molar-refractivity contribution in [2.24, 2.45) is 11.8 Å². The van der Waals surface area contributed by atoms with E-state index in [1.165, 1.54) is 0 Å². The molecule has 0 aromatic heterocycles. The van der Waals surface area contributed by atoms with Gasteiger partial charge in [-0.15, -0.1) is 0 Å². The Morgan fingerprint density at radius 1 is 1.23 bits per heavy atom. The van der Waals surface area contributed by atoms with Crippen LogP contribution in [0.3, 0.4) is 0 Å². The lowest BCUT2D eigenvalue weighted by molar-refractivity contribution is -0.117. The monoisotopic (exact) mass is 324 g/mol. The molecule has 2 rings (SSSR count). The van der Waals surface area contributed by atoms with E-state index in [0.717, 1.165) is 12.7 Å². The van der Waals surface area contributed by atoms with Gasteiger partial charge < -0.3 is 10.6 Å². The highest BCUT2D eigenvalue weighted by atomic mass is 32.2. The number of nitrogens with one attached hydrogen (secondary N) is 2. The van der Waals surface area contributed by atoms with Gasteiger partial charge >= 0.3 is 0 Å². The molecule has 0 unspecified atom stereocenters. The zero-order valence-corrected chi connectivity index (χ0v) is 13.4. The first-order chi connectivity index (χ1) is 10.3. The van der Waals surface area contributed by atoms with Crippen molar-refractivity contribution in [1.29, 1.82) is 0 Å². The third-order valence-corrected chi connectivity index (χ3v) is 4.56. The van der Waals surface area contributed by atoms with E-state index in [0.29, 0.717) is 17.2 Å². The molecule has 2 N–H and O–H groups in total. The fourth-order valence-electron chi connectivity index (χ4n) is 2.08. The molecular weight excluding hydrogens is 304 g/mol. The van der Waals surface area contributed by atoms with E-state index >= 15 is 0 Å². The minimum absolute atomic E-state index is 0.0119. The van der Waals surface area contributed by atoms with E-state index < -0.39 is 9.84 Å². The predicted molar refractivity (Wildman–Crippen MR) is 84.4 cm³/mol. The molecule has 0 radical (unpaired) electrons. The van der Waals surface area contributed by atoms with Gasteiger partial charge in [0.15, 0.2) is 0 Å². The molecule has 1 saturated carbocycles. The summed E-state index contributed by atoms with van der Waals surface area (Å²) in [6.07, 6.45) is 2.05. The van der Waals surface area contributed by atoms with E-state index in [4.69, 9.17) is 0 Å². The highest BCUT2D eigenvalue weighted by Crippen LogP contribution is 2.38. The lowest BCUT2D eigenvalue weighted by atomic mass is 10.2. The maximum Gasteiger partial charge on any atom is 0.251 e. The van der Waals surface area contributed by atoms with E-state index in [9.17, 15) is 18.0 Å². The van der Waals surface area contributed by atoms with Crippen molar-refractivity contribution in [3.63, 3.8) is 0 Å². The summed E-state index contributed by atoms with van der Waals surface area (Å²) in [5.74, 6) is 0.126. The maximum atomic E-state index is 11.8. The van der Waals surface area contributed by atoms with E-state index in [1.54, 1.807) is 24.3 Å². The molecule has 0 saturated heterocycles. The van der Waals surface area contributed by atoms with Gasteiger partial charge in [0.25, 0.3) is 5.91 Å². The summed E-state index contributed by atoms with van der Waals surface area (Å²) in [5.41, 5.74) is 1.07. The Labute approximate surface area is 130 Å². The third kappa shape index (κ3) is 4.84. The molecule has 1 fully saturated rings. The minimum atomic E-state index is -3.09. The van der Waals surface area contributed by atoms with Crippen LogP contribution < -0.4 is 10.6 Å². The lowest BCUT2D eigenvalue weighted by Gasteiger charge is -2.07. The smallest absolute Gasteiger partial charge is 0.251 e. The SMILES string of the molecule is C[C@H]1C[C@@H]1C(=O)Nc1ccc(C(=O)NCCS(C)(=O)=O)cc1. The molecule has 7 heteroatoms. The van der Waals surface area contributed by atoms with Crippen molar-refractivity contribution in [2.45, 2.75) is 13.3 Å². The Bertz CT molecular complexity index is 667. The highest BCUT2D eigenvalue weighted by molar-refractivity contribution is 7.90. The summed E-state index contributed by atoms with van der Waals surface area (Å²) in [4.78, 5) is 23.6. The standard InChI is InChI=1S/C15H20N2O4S/c1-10-9-13(10)15(19)17-12-5-3-11(4-6-12)14(18)16-7-8-22(2,20)21/h3-6,10,13H,7-9H2,1-2H3,(H,16,18)(H,17,19)/t10-,13-/m0/s1. The van der Waals surface area contributed by atoms with Gasteiger partial charge in [0.1, 0.15) is 9.84 Å². The normalized spacial score (nSPS) is 20.3. The molecule has 1 aromatic rings. The number of benzene rings is 1. The second kappa shape index (κ2) is 6.48. The first-order valence-electron chi connectivity index (χ1n) is 7.13. The fourth-order valence-corrected chi connectivity index (χ4v) is 2.55. The molecule has 0 spiro atoms. The van der Waals surface area contributed by atoms with Crippen molar-refractivity contribution in [2.75, 3.05) is 23.9 Å². The topological polar surface area (TPSA) is 92.3 Å². The summed E-state index contributed by atoms with van der Waals surface area (Å²) in [7, 11) is -3.09. The van der Waals surface area contributed by atoms with E-state index in [1.807, 2.05) is 6.92 Å². The van der Waals surface area contributed by atoms with Crippen LogP contribution in [0.1, 0.15) is 23.7 Å². The van der Waals surface area contributed by atoms with Gasteiger partial charge in [-0.25, -0.2) is 8.42 Å². The molecule has 1 aliphatic carbocycles. The van der Waals surface area contributed by atoms with Gasteiger partial charge in [0.05, 0.1) is 5.75 Å². The summed E-state index contributed by atoms with van der Waals surface area (Å²) in [6, 6.07) is 6.52. The second-order valence-corrected chi connectivity index (χ2v) is 8.03. The molecule has 1 aromatic carbocycles. The van der Waals surface area contributed by atoms with Crippen molar-refractivity contribution >= 4 is 27.3 Å². The van der Waals surface area contributed by atoms with Crippen LogP contribution in [-0.2, 0) is 14.6 Å². The largest absolute Gasteiger partial charge is 0.351 e. The predicted octanol–water partition coefficient (Wildman–Crippen LogP) is 1.06. The number of carbonyl (C=O) groups excluding carboxylic acids is 2. The average Bonchev–Trinajstić information content (AvgIpc) is 3.15. The zero-order chi connectivity index (χ0) is 16.3. The Morgan fingerprint density at radius 3 is 2.32 bits per heavy atom. The van der Waals surface area contributed by atoms with Crippen LogP contribution in [0.25, 0.3) is 0 Å². The number of rotatable bonds is 6. The Kier molecular flexibility index (Phi) is 4.85. The van der Waals surface area contributed by atoms with Crippen LogP contribution in [0.4, 0.5) is 5.69 Å². The Balaban J connectivity index is 1.85. The summed E-state index contributed by atoms with van der Waals surface area (Å²) in [5, 5.41) is 5.36. The average molecular weight is 324 g/mol. The van der Waals surface area contributed by atoms with Crippen LogP contribution >= 0.6 is 0 Å². The number of amides is 2. The molecule has 0 bridgehead atoms. The first-order valence-corrected chi connectivity index (χ1v) is 9.19. The van der Waals surface area contributed by atoms with Gasteiger partial charge in [0, 0.05) is 30.0 Å². The summed E-state index contributed by atoms with van der Waals surface area (Å²) < 4.78 is 22.0. The molecule has 22 heavy (non-hydrogen) atoms. The number of hydrogen-bond acceptors (Lipinski definition) is 4. The fraction of sp³-hybridized carbons (Fsp3) is 0.467. The number of sulfone groups is 1. The number of carbonyl (C=O) groups is 2. The van der Waals surface area contributed by atoms with Gasteiger partial charge in [-0.05, 0) is 36.6 Å². The second-order valence-electron chi connectivity index (χ2n) is 5.77. The molecular formula is C15H20N2O4S. The molecule has 1 aliphatic rings. The number of hydrogen-bond donors (Lipinski definition) is 2. The molecule has 2 amide bonds. The van der Waals surface area contributed by atoms with Crippen molar-refractivity contribution in [3.8, 4) is 0 Å². The van der Waals surface area contributed by atoms with Crippen LogP contribution in [0.15, 0.2) is 24.3 Å². The third-order valence-electron chi connectivity index (χ3n) is 3.62. The molecule has 0 heterocycles. The Hall–Kier alpha value is -1.89. The lowest BCUT2D eigenvalue weighted by Crippen LogP contribution is -2.28. The van der Waals surface area contributed by atoms with E-state index in [2.05, 4.69) is 10.6 Å². The van der Waals surface area contributed by atoms with Crippen LogP contribution in [0, 0.1) is 11.8 Å². The summed E-state index contributed by atoms with van der Waals surface area (Å²) >= 11 is 0. The molecule has 2 atom stereocenters. The quantitative estimate of drug-likeness (QED) is 0.818. The van der Waals surface area contributed by atoms with Crippen molar-refractivity contribution in [3.05, 3.63) is 29.8 Å². The molecule has 6 nitrogen and oxygen atoms in total. The first kappa shape index (κ1) is 16.5. The van der Waals surface area contributed by atoms with Crippen LogP contribution in [0.2, 0.25) is 0 Å². The van der Waals surface area contributed by atoms with Crippen molar-refractivity contribution < 1.29 is 18.0 Å². The number of anilines is 1. The van der Waals surface area contributed by atoms with Gasteiger partial charge in [-0.2, -0.15) is 0 Å². The minimum Gasteiger partial charge on any atom is -0.351 e. The van der Waals surface area contributed by atoms with E-state index in [-0.39, 0.29) is 30.0 Å². The zero-order valence-electron chi connectivity index (χ0n) is 12.6. The summed E-state index contributed by atoms with van der Waals surface area (Å²) in [6.45, 7) is 2.11. The van der Waals surface area contributed by atoms with Gasteiger partial charge in [-0.1, -0.05) is 6.92 Å². The van der Waals surface area contributed by atoms with Gasteiger partial charge in [0.2, 0.25) is 5.91 Å².